The maximum absolute atomic E-state index is 12.4. The molecule has 4 rings (SSSR count). The second kappa shape index (κ2) is 7.24. The quantitative estimate of drug-likeness (QED) is 0.403. The van der Waals surface area contributed by atoms with Crippen LogP contribution >= 0.6 is 34.8 Å². The van der Waals surface area contributed by atoms with Gasteiger partial charge in [-0.15, -0.1) is 0 Å². The predicted molar refractivity (Wildman–Crippen MR) is 109 cm³/mol. The largest absolute Gasteiger partial charge is 0.436 e. The summed E-state index contributed by atoms with van der Waals surface area (Å²) in [6.45, 7) is 0. The number of hydrogen-bond acceptors (Lipinski definition) is 3. The number of nitrogens with zero attached hydrogens (tertiary/aromatic N) is 1. The molecule has 0 bridgehead atoms. The number of benzene rings is 3. The van der Waals surface area contributed by atoms with Crippen LogP contribution in [0.25, 0.3) is 22.6 Å². The molecule has 0 saturated carbocycles. The Morgan fingerprint density at radius 1 is 0.926 bits per heavy atom. The second-order valence-electron chi connectivity index (χ2n) is 5.74. The first-order valence-electron chi connectivity index (χ1n) is 7.94. The van der Waals surface area contributed by atoms with Crippen LogP contribution in [0.15, 0.2) is 65.1 Å². The molecule has 4 nitrogen and oxygen atoms in total. The van der Waals surface area contributed by atoms with E-state index in [-0.39, 0.29) is 5.91 Å². The van der Waals surface area contributed by atoms with Crippen molar-refractivity contribution in [3.05, 3.63) is 81.3 Å². The Morgan fingerprint density at radius 2 is 1.70 bits per heavy atom. The molecule has 7 heteroatoms. The zero-order valence-electron chi connectivity index (χ0n) is 13.7. The molecule has 0 unspecified atom stereocenters. The first-order valence-corrected chi connectivity index (χ1v) is 9.07. The van der Waals surface area contributed by atoms with Gasteiger partial charge in [-0.25, -0.2) is 4.98 Å². The molecule has 0 aliphatic rings. The molecule has 27 heavy (non-hydrogen) atoms. The molecule has 1 aromatic heterocycles. The van der Waals surface area contributed by atoms with Crippen LogP contribution in [0, 0.1) is 0 Å². The lowest BCUT2D eigenvalue weighted by Crippen LogP contribution is -2.12. The summed E-state index contributed by atoms with van der Waals surface area (Å²) in [6, 6.07) is 17.3. The lowest BCUT2D eigenvalue weighted by atomic mass is 10.2. The van der Waals surface area contributed by atoms with E-state index in [1.165, 1.54) is 0 Å². The van der Waals surface area contributed by atoms with E-state index in [9.17, 15) is 4.79 Å². The third-order valence-corrected chi connectivity index (χ3v) is 5.09. The third kappa shape index (κ3) is 3.52. The summed E-state index contributed by atoms with van der Waals surface area (Å²) >= 11 is 18.4. The van der Waals surface area contributed by atoms with Crippen molar-refractivity contribution in [3.8, 4) is 11.5 Å². The molecule has 1 heterocycles. The standard InChI is InChI=1S/C20H11Cl3N2O2/c21-14-6-2-1-4-12(14)19(26)24-11-8-9-17-16(10-11)25-20(27-17)13-5-3-7-15(22)18(13)23/h1-10H,(H,24,26). The van der Waals surface area contributed by atoms with E-state index in [1.807, 2.05) is 0 Å². The van der Waals surface area contributed by atoms with Crippen molar-refractivity contribution in [3.63, 3.8) is 0 Å². The molecule has 0 radical (unpaired) electrons. The highest BCUT2D eigenvalue weighted by atomic mass is 35.5. The molecule has 0 aliphatic carbocycles. The highest BCUT2D eigenvalue weighted by Crippen LogP contribution is 2.35. The number of aromatic nitrogens is 1. The van der Waals surface area contributed by atoms with Crippen molar-refractivity contribution in [1.29, 1.82) is 0 Å². The van der Waals surface area contributed by atoms with Crippen LogP contribution in [-0.4, -0.2) is 10.9 Å². The first-order chi connectivity index (χ1) is 13.0. The summed E-state index contributed by atoms with van der Waals surface area (Å²) in [5, 5.41) is 3.99. The lowest BCUT2D eigenvalue weighted by molar-refractivity contribution is 0.102. The number of nitrogens with one attached hydrogen (secondary N) is 1. The molecule has 0 fully saturated rings. The molecular formula is C20H11Cl3N2O2. The summed E-state index contributed by atoms with van der Waals surface area (Å²) in [4.78, 5) is 16.9. The molecule has 0 spiro atoms. The zero-order valence-corrected chi connectivity index (χ0v) is 15.9. The van der Waals surface area contributed by atoms with E-state index in [2.05, 4.69) is 10.3 Å². The van der Waals surface area contributed by atoms with E-state index in [4.69, 9.17) is 39.2 Å². The fourth-order valence-corrected chi connectivity index (χ4v) is 3.24. The first kappa shape index (κ1) is 17.9. The van der Waals surface area contributed by atoms with Gasteiger partial charge in [-0.1, -0.05) is 53.0 Å². The number of halogens is 3. The van der Waals surface area contributed by atoms with Crippen molar-refractivity contribution in [2.75, 3.05) is 5.32 Å². The van der Waals surface area contributed by atoms with Gasteiger partial charge in [-0.3, -0.25) is 4.79 Å². The van der Waals surface area contributed by atoms with Gasteiger partial charge in [0.05, 0.1) is 26.2 Å². The molecule has 4 aromatic rings. The summed E-state index contributed by atoms with van der Waals surface area (Å²) in [5.74, 6) is 0.0497. The molecule has 0 saturated heterocycles. The van der Waals surface area contributed by atoms with E-state index < -0.39 is 0 Å². The molecule has 0 aliphatic heterocycles. The zero-order chi connectivity index (χ0) is 19.0. The van der Waals surface area contributed by atoms with Crippen LogP contribution in [0.1, 0.15) is 10.4 Å². The minimum atomic E-state index is -0.304. The fourth-order valence-electron chi connectivity index (χ4n) is 2.63. The topological polar surface area (TPSA) is 55.1 Å². The average Bonchev–Trinajstić information content (AvgIpc) is 3.07. The Kier molecular flexibility index (Phi) is 4.79. The van der Waals surface area contributed by atoms with Crippen molar-refractivity contribution in [2.45, 2.75) is 0 Å². The van der Waals surface area contributed by atoms with Crippen LogP contribution < -0.4 is 5.32 Å². The van der Waals surface area contributed by atoms with Crippen molar-refractivity contribution >= 4 is 57.5 Å². The van der Waals surface area contributed by atoms with E-state index in [0.717, 1.165) is 0 Å². The van der Waals surface area contributed by atoms with Gasteiger partial charge in [0, 0.05) is 5.69 Å². The summed E-state index contributed by atoms with van der Waals surface area (Å²) in [6.07, 6.45) is 0. The van der Waals surface area contributed by atoms with Gasteiger partial charge >= 0.3 is 0 Å². The number of carbonyl (C=O) groups excluding carboxylic acids is 1. The SMILES string of the molecule is O=C(Nc1ccc2oc(-c3cccc(Cl)c3Cl)nc2c1)c1ccccc1Cl. The van der Waals surface area contributed by atoms with Crippen LogP contribution in [-0.2, 0) is 0 Å². The number of hydrogen-bond donors (Lipinski definition) is 1. The third-order valence-electron chi connectivity index (χ3n) is 3.95. The number of amides is 1. The summed E-state index contributed by atoms with van der Waals surface area (Å²) in [5.41, 5.74) is 2.71. The monoisotopic (exact) mass is 416 g/mol. The van der Waals surface area contributed by atoms with Gasteiger partial charge in [0.2, 0.25) is 5.89 Å². The highest BCUT2D eigenvalue weighted by Gasteiger charge is 2.15. The van der Waals surface area contributed by atoms with Crippen LogP contribution in [0.4, 0.5) is 5.69 Å². The van der Waals surface area contributed by atoms with E-state index in [0.29, 0.717) is 48.9 Å². The van der Waals surface area contributed by atoms with Gasteiger partial charge in [-0.2, -0.15) is 0 Å². The van der Waals surface area contributed by atoms with Crippen LogP contribution in [0.2, 0.25) is 15.1 Å². The van der Waals surface area contributed by atoms with Crippen LogP contribution in [0.5, 0.6) is 0 Å². The Hall–Kier alpha value is -2.53. The summed E-state index contributed by atoms with van der Waals surface area (Å²) < 4.78 is 5.77. The number of fused-ring (bicyclic) bond motifs is 1. The summed E-state index contributed by atoms with van der Waals surface area (Å²) in [7, 11) is 0. The molecule has 1 N–H and O–H groups in total. The van der Waals surface area contributed by atoms with Gasteiger partial charge in [0.15, 0.2) is 5.58 Å². The van der Waals surface area contributed by atoms with E-state index >= 15 is 0 Å². The van der Waals surface area contributed by atoms with Crippen molar-refractivity contribution in [2.24, 2.45) is 0 Å². The van der Waals surface area contributed by atoms with Crippen molar-refractivity contribution < 1.29 is 9.21 Å². The van der Waals surface area contributed by atoms with Gasteiger partial charge < -0.3 is 9.73 Å². The van der Waals surface area contributed by atoms with Gasteiger partial charge in [-0.05, 0) is 42.5 Å². The predicted octanol–water partition coefficient (Wildman–Crippen LogP) is 6.71. The molecule has 134 valence electrons. The highest BCUT2D eigenvalue weighted by molar-refractivity contribution is 6.43. The van der Waals surface area contributed by atoms with E-state index in [1.54, 1.807) is 60.7 Å². The Morgan fingerprint density at radius 3 is 2.52 bits per heavy atom. The van der Waals surface area contributed by atoms with Crippen LogP contribution in [0.3, 0.4) is 0 Å². The smallest absolute Gasteiger partial charge is 0.257 e. The molecule has 3 aromatic carbocycles. The average molecular weight is 418 g/mol. The second-order valence-corrected chi connectivity index (χ2v) is 6.93. The Labute approximate surface area is 169 Å². The van der Waals surface area contributed by atoms with Crippen molar-refractivity contribution in [1.82, 2.24) is 4.98 Å². The van der Waals surface area contributed by atoms with Gasteiger partial charge in [0.1, 0.15) is 5.52 Å². The minimum absolute atomic E-state index is 0.304. The Balaban J connectivity index is 1.66. The molecular weight excluding hydrogens is 407 g/mol. The molecule has 0 atom stereocenters. The van der Waals surface area contributed by atoms with Gasteiger partial charge in [0.25, 0.3) is 5.91 Å². The number of anilines is 1. The molecule has 1 amide bonds. The Bertz CT molecular complexity index is 1170. The minimum Gasteiger partial charge on any atom is -0.436 e. The maximum atomic E-state index is 12.4. The normalized spacial score (nSPS) is 10.9. The lowest BCUT2D eigenvalue weighted by Gasteiger charge is -2.06. The fraction of sp³-hybridized carbons (Fsp3) is 0. The number of carbonyl (C=O) groups is 1. The number of oxazole rings is 1. The maximum Gasteiger partial charge on any atom is 0.257 e. The number of rotatable bonds is 3.